The van der Waals surface area contributed by atoms with E-state index < -0.39 is 5.97 Å². The van der Waals surface area contributed by atoms with E-state index in [1.165, 1.54) is 7.11 Å². The molecule has 2 rings (SSSR count). The van der Waals surface area contributed by atoms with Crippen molar-refractivity contribution in [2.75, 3.05) is 12.4 Å². The quantitative estimate of drug-likeness (QED) is 0.553. The van der Waals surface area contributed by atoms with Gasteiger partial charge in [0.15, 0.2) is 0 Å². The second-order valence-electron chi connectivity index (χ2n) is 5.16. The number of carbonyl (C=O) groups is 2. The summed E-state index contributed by atoms with van der Waals surface area (Å²) in [4.78, 5) is 27.0. The van der Waals surface area contributed by atoms with Crippen molar-refractivity contribution in [1.82, 2.24) is 4.98 Å². The molecule has 0 fully saturated rings. The predicted octanol–water partition coefficient (Wildman–Crippen LogP) is 4.50. The van der Waals surface area contributed by atoms with Crippen molar-refractivity contribution in [2.24, 2.45) is 0 Å². The van der Waals surface area contributed by atoms with E-state index in [9.17, 15) is 9.59 Å². The van der Waals surface area contributed by atoms with Crippen LogP contribution in [0.4, 0.5) is 5.69 Å². The summed E-state index contributed by atoms with van der Waals surface area (Å²) in [7, 11) is 1.29. The van der Waals surface area contributed by atoms with Crippen molar-refractivity contribution in [2.45, 2.75) is 31.0 Å². The minimum absolute atomic E-state index is 0.202. The number of hydrogen-bond acceptors (Lipinski definition) is 3. The molecule has 5 nitrogen and oxygen atoms in total. The zero-order chi connectivity index (χ0) is 17.0. The molecule has 0 spiro atoms. The van der Waals surface area contributed by atoms with Crippen LogP contribution in [0.2, 0.25) is 5.02 Å². The Morgan fingerprint density at radius 3 is 2.83 bits per heavy atom. The molecule has 1 amide bonds. The summed E-state index contributed by atoms with van der Waals surface area (Å²) in [6.07, 6.45) is 2.66. The Balaban J connectivity index is 2.38. The molecule has 1 aromatic heterocycles. The standard InChI is InChI=1S/C16H18BrClN2O3/c1-3-4-5-11(17)15(21)20-13-10-8-9(18)6-7-12(10)19-14(13)16(22)23-2/h6-8,11,19H,3-5H2,1-2H3,(H,20,21). The molecule has 0 saturated carbocycles. The number of amides is 1. The van der Waals surface area contributed by atoms with Crippen LogP contribution in [0.5, 0.6) is 0 Å². The fraction of sp³-hybridized carbons (Fsp3) is 0.375. The number of methoxy groups -OCH3 is 1. The van der Waals surface area contributed by atoms with Gasteiger partial charge in [0, 0.05) is 15.9 Å². The largest absolute Gasteiger partial charge is 0.464 e. The molecule has 23 heavy (non-hydrogen) atoms. The maximum Gasteiger partial charge on any atom is 0.356 e. The van der Waals surface area contributed by atoms with Gasteiger partial charge >= 0.3 is 5.97 Å². The number of aromatic amines is 1. The average Bonchev–Trinajstić information content (AvgIpc) is 2.89. The van der Waals surface area contributed by atoms with Crippen LogP contribution >= 0.6 is 27.5 Å². The summed E-state index contributed by atoms with van der Waals surface area (Å²) in [5.41, 5.74) is 1.29. The SMILES string of the molecule is CCCCC(Br)C(=O)Nc1c(C(=O)OC)[nH]c2ccc(Cl)cc12. The summed E-state index contributed by atoms with van der Waals surface area (Å²) in [5, 5.41) is 3.99. The number of unbranched alkanes of at least 4 members (excludes halogenated alkanes) is 1. The van der Waals surface area contributed by atoms with Gasteiger partial charge in [0.05, 0.1) is 17.6 Å². The molecular weight excluding hydrogens is 384 g/mol. The number of anilines is 1. The molecule has 1 unspecified atom stereocenters. The predicted molar refractivity (Wildman–Crippen MR) is 95.5 cm³/mol. The highest BCUT2D eigenvalue weighted by Crippen LogP contribution is 2.31. The molecule has 2 aromatic rings. The van der Waals surface area contributed by atoms with Crippen LogP contribution in [0.1, 0.15) is 36.7 Å². The molecule has 7 heteroatoms. The van der Waals surface area contributed by atoms with Crippen LogP contribution in [0, 0.1) is 0 Å². The highest BCUT2D eigenvalue weighted by Gasteiger charge is 2.23. The maximum absolute atomic E-state index is 12.4. The Kier molecular flexibility index (Phi) is 6.07. The molecule has 0 saturated heterocycles. The van der Waals surface area contributed by atoms with Crippen LogP contribution in [-0.2, 0) is 9.53 Å². The number of benzene rings is 1. The number of fused-ring (bicyclic) bond motifs is 1. The van der Waals surface area contributed by atoms with Gasteiger partial charge in [-0.1, -0.05) is 47.3 Å². The minimum Gasteiger partial charge on any atom is -0.464 e. The van der Waals surface area contributed by atoms with Crippen LogP contribution in [-0.4, -0.2) is 28.8 Å². The van der Waals surface area contributed by atoms with Gasteiger partial charge in [-0.25, -0.2) is 4.79 Å². The first kappa shape index (κ1) is 17.8. The van der Waals surface area contributed by atoms with Gasteiger partial charge in [-0.3, -0.25) is 4.79 Å². The number of ether oxygens (including phenoxy) is 1. The van der Waals surface area contributed by atoms with Crippen molar-refractivity contribution in [3.05, 3.63) is 28.9 Å². The molecular formula is C16H18BrClN2O3. The van der Waals surface area contributed by atoms with E-state index in [-0.39, 0.29) is 16.4 Å². The normalized spacial score (nSPS) is 12.2. The lowest BCUT2D eigenvalue weighted by Crippen LogP contribution is -2.23. The first-order chi connectivity index (χ1) is 11.0. The molecule has 1 aromatic carbocycles. The maximum atomic E-state index is 12.4. The van der Waals surface area contributed by atoms with E-state index in [0.717, 1.165) is 19.3 Å². The van der Waals surface area contributed by atoms with Gasteiger partial charge in [0.2, 0.25) is 5.91 Å². The van der Waals surface area contributed by atoms with Gasteiger partial charge in [-0.05, 0) is 24.6 Å². The van der Waals surface area contributed by atoms with E-state index in [2.05, 4.69) is 33.2 Å². The molecule has 0 aliphatic carbocycles. The van der Waals surface area contributed by atoms with Gasteiger partial charge in [0.25, 0.3) is 0 Å². The van der Waals surface area contributed by atoms with Crippen LogP contribution < -0.4 is 5.32 Å². The van der Waals surface area contributed by atoms with Gasteiger partial charge in [-0.15, -0.1) is 0 Å². The second kappa shape index (κ2) is 7.84. The Labute approximate surface area is 147 Å². The van der Waals surface area contributed by atoms with Crippen LogP contribution in [0.3, 0.4) is 0 Å². The van der Waals surface area contributed by atoms with Crippen LogP contribution in [0.15, 0.2) is 18.2 Å². The smallest absolute Gasteiger partial charge is 0.356 e. The molecule has 0 aliphatic rings. The van der Waals surface area contributed by atoms with E-state index >= 15 is 0 Å². The number of esters is 1. The number of aromatic nitrogens is 1. The third-order valence-corrected chi connectivity index (χ3v) is 4.60. The first-order valence-corrected chi connectivity index (χ1v) is 8.61. The van der Waals surface area contributed by atoms with Gasteiger partial charge in [-0.2, -0.15) is 0 Å². The van der Waals surface area contributed by atoms with E-state index in [1.807, 2.05) is 0 Å². The van der Waals surface area contributed by atoms with Crippen molar-refractivity contribution < 1.29 is 14.3 Å². The topological polar surface area (TPSA) is 71.2 Å². The summed E-state index contributed by atoms with van der Waals surface area (Å²) in [6.45, 7) is 2.06. The zero-order valence-corrected chi connectivity index (χ0v) is 15.3. The number of nitrogens with one attached hydrogen (secondary N) is 2. The summed E-state index contributed by atoms with van der Waals surface area (Å²) < 4.78 is 4.78. The summed E-state index contributed by atoms with van der Waals surface area (Å²) in [5.74, 6) is -0.753. The number of rotatable bonds is 6. The highest BCUT2D eigenvalue weighted by molar-refractivity contribution is 9.10. The number of alkyl halides is 1. The Bertz CT molecular complexity index is 729. The van der Waals surface area contributed by atoms with Crippen molar-refractivity contribution in [3.8, 4) is 0 Å². The number of halogens is 2. The van der Waals surface area contributed by atoms with Gasteiger partial charge in [0.1, 0.15) is 5.69 Å². The molecule has 1 atom stereocenters. The molecule has 0 radical (unpaired) electrons. The van der Waals surface area contributed by atoms with Gasteiger partial charge < -0.3 is 15.0 Å². The highest BCUT2D eigenvalue weighted by atomic mass is 79.9. The molecule has 0 aliphatic heterocycles. The van der Waals surface area contributed by atoms with E-state index in [0.29, 0.717) is 21.6 Å². The summed E-state index contributed by atoms with van der Waals surface area (Å²) in [6, 6.07) is 5.16. The van der Waals surface area contributed by atoms with E-state index in [4.69, 9.17) is 16.3 Å². The number of H-pyrrole nitrogens is 1. The Morgan fingerprint density at radius 1 is 1.43 bits per heavy atom. The lowest BCUT2D eigenvalue weighted by atomic mass is 10.1. The van der Waals surface area contributed by atoms with Crippen molar-refractivity contribution in [3.63, 3.8) is 0 Å². The monoisotopic (exact) mass is 400 g/mol. The third kappa shape index (κ3) is 4.06. The number of hydrogen-bond donors (Lipinski definition) is 2. The molecule has 2 N–H and O–H groups in total. The Morgan fingerprint density at radius 2 is 2.17 bits per heavy atom. The van der Waals surface area contributed by atoms with Crippen molar-refractivity contribution >= 4 is 56.0 Å². The fourth-order valence-corrected chi connectivity index (χ4v) is 2.88. The average molecular weight is 402 g/mol. The number of carbonyl (C=O) groups excluding carboxylic acids is 2. The third-order valence-electron chi connectivity index (χ3n) is 3.49. The second-order valence-corrected chi connectivity index (χ2v) is 6.70. The van der Waals surface area contributed by atoms with Crippen LogP contribution in [0.25, 0.3) is 10.9 Å². The molecule has 124 valence electrons. The first-order valence-electron chi connectivity index (χ1n) is 7.32. The Hall–Kier alpha value is -1.53. The lowest BCUT2D eigenvalue weighted by Gasteiger charge is -2.11. The fourth-order valence-electron chi connectivity index (χ4n) is 2.27. The molecule has 1 heterocycles. The summed E-state index contributed by atoms with van der Waals surface area (Å²) >= 11 is 9.41. The zero-order valence-electron chi connectivity index (χ0n) is 12.9. The minimum atomic E-state index is -0.549. The lowest BCUT2D eigenvalue weighted by molar-refractivity contribution is -0.115. The molecule has 0 bridgehead atoms. The van der Waals surface area contributed by atoms with Crippen molar-refractivity contribution in [1.29, 1.82) is 0 Å². The van der Waals surface area contributed by atoms with E-state index in [1.54, 1.807) is 18.2 Å².